The van der Waals surface area contributed by atoms with Crippen molar-refractivity contribution in [3.8, 4) is 0 Å². The van der Waals surface area contributed by atoms with Gasteiger partial charge in [-0.2, -0.15) is 0 Å². The van der Waals surface area contributed by atoms with Crippen LogP contribution in [0.4, 0.5) is 21.6 Å². The predicted molar refractivity (Wildman–Crippen MR) is 109 cm³/mol. The maximum Gasteiger partial charge on any atom is 0.255 e. The van der Waals surface area contributed by atoms with Crippen LogP contribution in [0.25, 0.3) is 0 Å². The monoisotopic (exact) mass is 376 g/mol. The first-order valence-electron chi connectivity index (χ1n) is 9.27. The van der Waals surface area contributed by atoms with Crippen LogP contribution in [0, 0.1) is 5.82 Å². The number of amides is 1. The molecule has 0 saturated carbocycles. The van der Waals surface area contributed by atoms with Crippen LogP contribution in [0.3, 0.4) is 0 Å². The summed E-state index contributed by atoms with van der Waals surface area (Å²) >= 11 is 0. The number of nitrogens with zero attached hydrogens (tertiary/aromatic N) is 3. The van der Waals surface area contributed by atoms with Crippen LogP contribution < -0.4 is 15.1 Å². The number of carbonyl (C=O) groups is 1. The number of para-hydroxylation sites is 1. The first-order valence-corrected chi connectivity index (χ1v) is 9.27. The molecule has 2 aromatic carbocycles. The van der Waals surface area contributed by atoms with Crippen molar-refractivity contribution in [2.45, 2.75) is 0 Å². The normalized spacial score (nSPS) is 14.0. The Labute approximate surface area is 163 Å². The van der Waals surface area contributed by atoms with Gasteiger partial charge in [0, 0.05) is 37.4 Å². The van der Waals surface area contributed by atoms with Gasteiger partial charge in [-0.25, -0.2) is 9.37 Å². The van der Waals surface area contributed by atoms with Gasteiger partial charge in [-0.1, -0.05) is 18.2 Å². The summed E-state index contributed by atoms with van der Waals surface area (Å²) in [5.74, 6) is 0.244. The third-order valence-corrected chi connectivity index (χ3v) is 4.84. The number of carbonyl (C=O) groups excluding carboxylic acids is 1. The molecular formula is C22H21FN4O. The molecule has 1 N–H and O–H groups in total. The van der Waals surface area contributed by atoms with Crippen LogP contribution in [0.5, 0.6) is 0 Å². The lowest BCUT2D eigenvalue weighted by molar-refractivity contribution is 0.102. The average Bonchev–Trinajstić information content (AvgIpc) is 2.75. The molecule has 142 valence electrons. The number of nitrogens with one attached hydrogen (secondary N) is 1. The third kappa shape index (κ3) is 4.11. The second-order valence-electron chi connectivity index (χ2n) is 6.68. The Morgan fingerprint density at radius 3 is 2.18 bits per heavy atom. The Kier molecular flexibility index (Phi) is 5.19. The lowest BCUT2D eigenvalue weighted by Crippen LogP contribution is -2.46. The molecular weight excluding hydrogens is 355 g/mol. The summed E-state index contributed by atoms with van der Waals surface area (Å²) in [4.78, 5) is 21.3. The van der Waals surface area contributed by atoms with Crippen molar-refractivity contribution in [1.29, 1.82) is 0 Å². The first kappa shape index (κ1) is 18.0. The van der Waals surface area contributed by atoms with Gasteiger partial charge < -0.3 is 15.1 Å². The fraction of sp³-hybridized carbons (Fsp3) is 0.182. The van der Waals surface area contributed by atoms with E-state index in [9.17, 15) is 9.18 Å². The molecule has 1 fully saturated rings. The second kappa shape index (κ2) is 8.08. The van der Waals surface area contributed by atoms with Gasteiger partial charge >= 0.3 is 0 Å². The van der Waals surface area contributed by atoms with E-state index in [1.165, 1.54) is 30.0 Å². The van der Waals surface area contributed by atoms with Gasteiger partial charge in [-0.05, 0) is 48.5 Å². The topological polar surface area (TPSA) is 48.5 Å². The average molecular weight is 376 g/mol. The standard InChI is InChI=1S/C22H21FN4O/c23-18-8-6-17(7-9-18)22(28)25-19-10-11-21(24-16-19)27-14-12-26(13-15-27)20-4-2-1-3-5-20/h1-11,16H,12-15H2,(H,25,28). The van der Waals surface area contributed by atoms with E-state index in [-0.39, 0.29) is 11.7 Å². The zero-order valence-electron chi connectivity index (χ0n) is 15.4. The number of halogens is 1. The minimum absolute atomic E-state index is 0.286. The van der Waals surface area contributed by atoms with Gasteiger partial charge in [0.1, 0.15) is 11.6 Å². The number of aromatic nitrogens is 1. The van der Waals surface area contributed by atoms with Crippen molar-refractivity contribution in [3.63, 3.8) is 0 Å². The zero-order chi connectivity index (χ0) is 19.3. The van der Waals surface area contributed by atoms with Gasteiger partial charge in [0.2, 0.25) is 0 Å². The van der Waals surface area contributed by atoms with E-state index in [1.54, 1.807) is 6.20 Å². The number of hydrogen-bond acceptors (Lipinski definition) is 4. The largest absolute Gasteiger partial charge is 0.368 e. The number of hydrogen-bond donors (Lipinski definition) is 1. The minimum atomic E-state index is -0.366. The summed E-state index contributed by atoms with van der Waals surface area (Å²) in [5.41, 5.74) is 2.26. The van der Waals surface area contributed by atoms with E-state index < -0.39 is 0 Å². The molecule has 5 nitrogen and oxygen atoms in total. The quantitative estimate of drug-likeness (QED) is 0.753. The molecule has 1 aliphatic rings. The van der Waals surface area contributed by atoms with Crippen molar-refractivity contribution < 1.29 is 9.18 Å². The number of rotatable bonds is 4. The number of anilines is 3. The molecule has 0 aliphatic carbocycles. The van der Waals surface area contributed by atoms with E-state index in [0.29, 0.717) is 11.3 Å². The lowest BCUT2D eigenvalue weighted by atomic mass is 10.2. The molecule has 0 bridgehead atoms. The number of piperazine rings is 1. The van der Waals surface area contributed by atoms with Gasteiger partial charge in [-0.3, -0.25) is 4.79 Å². The highest BCUT2D eigenvalue weighted by molar-refractivity contribution is 6.04. The van der Waals surface area contributed by atoms with E-state index in [2.05, 4.69) is 44.4 Å². The van der Waals surface area contributed by atoms with E-state index in [4.69, 9.17) is 0 Å². The Morgan fingerprint density at radius 1 is 0.857 bits per heavy atom. The van der Waals surface area contributed by atoms with Crippen LogP contribution in [-0.4, -0.2) is 37.1 Å². The minimum Gasteiger partial charge on any atom is -0.368 e. The smallest absolute Gasteiger partial charge is 0.255 e. The van der Waals surface area contributed by atoms with Gasteiger partial charge in [0.25, 0.3) is 5.91 Å². The van der Waals surface area contributed by atoms with E-state index >= 15 is 0 Å². The number of benzene rings is 2. The molecule has 0 radical (unpaired) electrons. The molecule has 2 heterocycles. The number of pyridine rings is 1. The van der Waals surface area contributed by atoms with Gasteiger partial charge in [0.05, 0.1) is 11.9 Å². The summed E-state index contributed by atoms with van der Waals surface area (Å²) in [6.45, 7) is 3.66. The second-order valence-corrected chi connectivity index (χ2v) is 6.68. The van der Waals surface area contributed by atoms with Crippen LogP contribution in [0.1, 0.15) is 10.4 Å². The molecule has 1 aliphatic heterocycles. The zero-order valence-corrected chi connectivity index (χ0v) is 15.4. The third-order valence-electron chi connectivity index (χ3n) is 4.84. The fourth-order valence-corrected chi connectivity index (χ4v) is 3.28. The molecule has 3 aromatic rings. The summed E-state index contributed by atoms with van der Waals surface area (Å²) in [6.07, 6.45) is 1.65. The molecule has 28 heavy (non-hydrogen) atoms. The molecule has 1 amide bonds. The SMILES string of the molecule is O=C(Nc1ccc(N2CCN(c3ccccc3)CC2)nc1)c1ccc(F)cc1. The first-order chi connectivity index (χ1) is 13.7. The van der Waals surface area contributed by atoms with Crippen molar-refractivity contribution in [1.82, 2.24) is 4.98 Å². The van der Waals surface area contributed by atoms with Gasteiger partial charge in [0.15, 0.2) is 0 Å². The Balaban J connectivity index is 1.35. The van der Waals surface area contributed by atoms with Crippen LogP contribution in [0.2, 0.25) is 0 Å². The summed E-state index contributed by atoms with van der Waals surface area (Å²) in [6, 6.07) is 19.6. The van der Waals surface area contributed by atoms with Gasteiger partial charge in [-0.15, -0.1) is 0 Å². The molecule has 6 heteroatoms. The Bertz CT molecular complexity index is 921. The Hall–Kier alpha value is -3.41. The highest BCUT2D eigenvalue weighted by Gasteiger charge is 2.18. The van der Waals surface area contributed by atoms with Crippen LogP contribution in [0.15, 0.2) is 72.9 Å². The highest BCUT2D eigenvalue weighted by atomic mass is 19.1. The van der Waals surface area contributed by atoms with Crippen molar-refractivity contribution in [2.24, 2.45) is 0 Å². The maximum atomic E-state index is 13.0. The molecule has 1 saturated heterocycles. The van der Waals surface area contributed by atoms with Crippen molar-refractivity contribution >= 4 is 23.1 Å². The lowest BCUT2D eigenvalue weighted by Gasteiger charge is -2.36. The Morgan fingerprint density at radius 2 is 1.54 bits per heavy atom. The predicted octanol–water partition coefficient (Wildman–Crippen LogP) is 3.80. The molecule has 0 unspecified atom stereocenters. The molecule has 1 aromatic heterocycles. The van der Waals surface area contributed by atoms with E-state index in [0.717, 1.165) is 32.0 Å². The summed E-state index contributed by atoms with van der Waals surface area (Å²) in [7, 11) is 0. The molecule has 0 spiro atoms. The van der Waals surface area contributed by atoms with Crippen molar-refractivity contribution in [3.05, 3.63) is 84.3 Å². The molecule has 0 atom stereocenters. The maximum absolute atomic E-state index is 13.0. The van der Waals surface area contributed by atoms with Crippen LogP contribution in [-0.2, 0) is 0 Å². The molecule has 4 rings (SSSR count). The van der Waals surface area contributed by atoms with Crippen molar-refractivity contribution in [2.75, 3.05) is 41.3 Å². The fourth-order valence-electron chi connectivity index (χ4n) is 3.28. The summed E-state index contributed by atoms with van der Waals surface area (Å²) < 4.78 is 13.0. The van der Waals surface area contributed by atoms with E-state index in [1.807, 2.05) is 18.2 Å². The van der Waals surface area contributed by atoms with Crippen LogP contribution >= 0.6 is 0 Å². The summed E-state index contributed by atoms with van der Waals surface area (Å²) in [5, 5.41) is 2.79. The highest BCUT2D eigenvalue weighted by Crippen LogP contribution is 2.20.